The molecule has 3 rings (SSSR count). The Bertz CT molecular complexity index is 709. The van der Waals surface area contributed by atoms with Gasteiger partial charge >= 0.3 is 0 Å². The number of anilines is 1. The number of nitrogens with one attached hydrogen (secondary N) is 1. The highest BCUT2D eigenvalue weighted by molar-refractivity contribution is 7.98. The molecule has 1 aliphatic rings. The van der Waals surface area contributed by atoms with Gasteiger partial charge in [0.05, 0.1) is 11.3 Å². The van der Waals surface area contributed by atoms with Gasteiger partial charge in [0.25, 0.3) is 11.7 Å². The fourth-order valence-electron chi connectivity index (χ4n) is 2.15. The molecule has 0 spiro atoms. The first-order chi connectivity index (χ1) is 9.65. The summed E-state index contributed by atoms with van der Waals surface area (Å²) < 4.78 is 0. The highest BCUT2D eigenvalue weighted by atomic mass is 32.2. The van der Waals surface area contributed by atoms with Crippen LogP contribution in [0, 0.1) is 6.92 Å². The van der Waals surface area contributed by atoms with E-state index in [1.807, 2.05) is 24.3 Å². The van der Waals surface area contributed by atoms with Crippen LogP contribution < -0.4 is 5.32 Å². The summed E-state index contributed by atoms with van der Waals surface area (Å²) in [4.78, 5) is 23.9. The molecule has 3 nitrogen and oxygen atoms in total. The van der Waals surface area contributed by atoms with Gasteiger partial charge in [-0.15, -0.1) is 11.8 Å². The molecule has 100 valence electrons. The molecule has 0 saturated carbocycles. The van der Waals surface area contributed by atoms with Gasteiger partial charge in [-0.25, -0.2) is 0 Å². The van der Waals surface area contributed by atoms with Crippen LogP contribution >= 0.6 is 11.8 Å². The molecule has 1 amide bonds. The van der Waals surface area contributed by atoms with Crippen molar-refractivity contribution in [3.05, 3.63) is 59.2 Å². The lowest BCUT2D eigenvalue weighted by Gasteiger charge is -2.06. The maximum absolute atomic E-state index is 11.5. The predicted molar refractivity (Wildman–Crippen MR) is 80.1 cm³/mol. The number of carbonyl (C=O) groups is 2. The van der Waals surface area contributed by atoms with E-state index >= 15 is 0 Å². The zero-order valence-electron chi connectivity index (χ0n) is 11.0. The summed E-state index contributed by atoms with van der Waals surface area (Å²) in [5.41, 5.74) is 3.65. The number of ketones is 1. The molecule has 0 aromatic heterocycles. The number of amides is 1. The number of hydrogen-bond acceptors (Lipinski definition) is 3. The van der Waals surface area contributed by atoms with E-state index < -0.39 is 11.7 Å². The first-order valence-corrected chi connectivity index (χ1v) is 7.31. The summed E-state index contributed by atoms with van der Waals surface area (Å²) in [5, 5.41) is 2.60. The Morgan fingerprint density at radius 3 is 2.70 bits per heavy atom. The second kappa shape index (κ2) is 5.13. The Balaban J connectivity index is 1.77. The van der Waals surface area contributed by atoms with Crippen LogP contribution in [0.1, 0.15) is 21.5 Å². The van der Waals surface area contributed by atoms with E-state index in [1.165, 1.54) is 11.1 Å². The number of carbonyl (C=O) groups excluding carboxylic acids is 2. The largest absolute Gasteiger partial charge is 0.318 e. The molecular weight excluding hydrogens is 270 g/mol. The van der Waals surface area contributed by atoms with Crippen molar-refractivity contribution in [3.8, 4) is 0 Å². The minimum atomic E-state index is -0.541. The van der Waals surface area contributed by atoms with Crippen LogP contribution in [0.5, 0.6) is 0 Å². The summed E-state index contributed by atoms with van der Waals surface area (Å²) >= 11 is 1.69. The minimum absolute atomic E-state index is 0.449. The quantitative estimate of drug-likeness (QED) is 0.693. The minimum Gasteiger partial charge on any atom is -0.318 e. The van der Waals surface area contributed by atoms with Crippen molar-refractivity contribution in [2.75, 3.05) is 5.32 Å². The molecule has 1 heterocycles. The fourth-order valence-corrected chi connectivity index (χ4v) is 3.16. The summed E-state index contributed by atoms with van der Waals surface area (Å²) in [6.45, 7) is 2.09. The molecule has 1 N–H and O–H groups in total. The molecule has 2 aromatic rings. The van der Waals surface area contributed by atoms with Gasteiger partial charge in [-0.05, 0) is 36.2 Å². The van der Waals surface area contributed by atoms with E-state index in [9.17, 15) is 9.59 Å². The molecular formula is C16H13NO2S. The number of fused-ring (bicyclic) bond motifs is 1. The van der Waals surface area contributed by atoms with Crippen LogP contribution in [0.4, 0.5) is 5.69 Å². The van der Waals surface area contributed by atoms with Gasteiger partial charge in [0.1, 0.15) is 0 Å². The zero-order valence-corrected chi connectivity index (χ0v) is 11.8. The molecule has 0 atom stereocenters. The van der Waals surface area contributed by atoms with E-state index in [2.05, 4.69) is 24.4 Å². The number of hydrogen-bond donors (Lipinski definition) is 1. The molecule has 2 aromatic carbocycles. The summed E-state index contributed by atoms with van der Waals surface area (Å²) in [6.07, 6.45) is 0. The maximum atomic E-state index is 11.5. The monoisotopic (exact) mass is 283 g/mol. The van der Waals surface area contributed by atoms with E-state index in [0.717, 1.165) is 10.6 Å². The van der Waals surface area contributed by atoms with Crippen molar-refractivity contribution in [1.82, 2.24) is 0 Å². The first kappa shape index (κ1) is 12.9. The number of Topliss-reactive ketones (excluding diaryl/α,β-unsaturated/α-hetero) is 1. The van der Waals surface area contributed by atoms with E-state index in [1.54, 1.807) is 17.8 Å². The Kier molecular flexibility index (Phi) is 3.32. The lowest BCUT2D eigenvalue weighted by Crippen LogP contribution is -2.12. The molecule has 0 aliphatic carbocycles. The van der Waals surface area contributed by atoms with E-state index in [4.69, 9.17) is 0 Å². The Hall–Kier alpha value is -2.07. The van der Waals surface area contributed by atoms with Crippen LogP contribution in [0.25, 0.3) is 0 Å². The molecule has 0 fully saturated rings. The van der Waals surface area contributed by atoms with Gasteiger partial charge in [0.2, 0.25) is 0 Å². The molecule has 20 heavy (non-hydrogen) atoms. The Morgan fingerprint density at radius 2 is 1.90 bits per heavy atom. The average molecular weight is 283 g/mol. The standard InChI is InChI=1S/C16H13NO2S/c1-10-4-2-3-5-11(10)9-20-12-6-7-13-14(8-12)17-16(19)15(13)18/h2-8H,9H2,1H3,(H,17,18,19). The lowest BCUT2D eigenvalue weighted by molar-refractivity contribution is -0.112. The smallest absolute Gasteiger partial charge is 0.296 e. The molecule has 4 heteroatoms. The highest BCUT2D eigenvalue weighted by Gasteiger charge is 2.27. The van der Waals surface area contributed by atoms with Crippen molar-refractivity contribution in [2.24, 2.45) is 0 Å². The van der Waals surface area contributed by atoms with Crippen molar-refractivity contribution in [2.45, 2.75) is 17.6 Å². The summed E-state index contributed by atoms with van der Waals surface area (Å²) in [5.74, 6) is -0.121. The summed E-state index contributed by atoms with van der Waals surface area (Å²) in [7, 11) is 0. The van der Waals surface area contributed by atoms with Gasteiger partial charge in [-0.1, -0.05) is 24.3 Å². The predicted octanol–water partition coefficient (Wildman–Crippen LogP) is 3.42. The first-order valence-electron chi connectivity index (χ1n) is 6.32. The Morgan fingerprint density at radius 1 is 1.10 bits per heavy atom. The van der Waals surface area contributed by atoms with Crippen molar-refractivity contribution in [3.63, 3.8) is 0 Å². The summed E-state index contributed by atoms with van der Waals surface area (Å²) in [6, 6.07) is 13.7. The van der Waals surface area contributed by atoms with Gasteiger partial charge in [0.15, 0.2) is 0 Å². The third kappa shape index (κ3) is 2.34. The lowest BCUT2D eigenvalue weighted by atomic mass is 10.1. The van der Waals surface area contributed by atoms with Crippen molar-refractivity contribution < 1.29 is 9.59 Å². The zero-order chi connectivity index (χ0) is 14.1. The van der Waals surface area contributed by atoms with Gasteiger partial charge < -0.3 is 5.32 Å². The van der Waals surface area contributed by atoms with E-state index in [0.29, 0.717) is 11.3 Å². The number of aryl methyl sites for hydroxylation is 1. The molecule has 0 saturated heterocycles. The third-order valence-corrected chi connectivity index (χ3v) is 4.39. The molecule has 0 radical (unpaired) electrons. The number of thioether (sulfide) groups is 1. The van der Waals surface area contributed by atoms with Gasteiger partial charge in [0, 0.05) is 10.6 Å². The average Bonchev–Trinajstić information content (AvgIpc) is 2.73. The Labute approximate surface area is 121 Å². The van der Waals surface area contributed by atoms with Gasteiger partial charge in [-0.2, -0.15) is 0 Å². The second-order valence-corrected chi connectivity index (χ2v) is 5.75. The highest BCUT2D eigenvalue weighted by Crippen LogP contribution is 2.31. The van der Waals surface area contributed by atoms with Crippen molar-refractivity contribution >= 4 is 29.1 Å². The molecule has 0 bridgehead atoms. The topological polar surface area (TPSA) is 46.2 Å². The molecule has 1 aliphatic heterocycles. The SMILES string of the molecule is Cc1ccccc1CSc1ccc2c(c1)NC(=O)C2=O. The van der Waals surface area contributed by atoms with Crippen LogP contribution in [0.3, 0.4) is 0 Å². The number of rotatable bonds is 3. The van der Waals surface area contributed by atoms with Crippen molar-refractivity contribution in [1.29, 1.82) is 0 Å². The van der Waals surface area contributed by atoms with Crippen LogP contribution in [-0.4, -0.2) is 11.7 Å². The van der Waals surface area contributed by atoms with Gasteiger partial charge in [-0.3, -0.25) is 9.59 Å². The van der Waals surface area contributed by atoms with E-state index in [-0.39, 0.29) is 0 Å². The van der Waals surface area contributed by atoms with Crippen LogP contribution in [0.15, 0.2) is 47.4 Å². The normalized spacial score (nSPS) is 13.2. The fraction of sp³-hybridized carbons (Fsp3) is 0.125. The number of benzene rings is 2. The molecule has 0 unspecified atom stereocenters. The van der Waals surface area contributed by atoms with Crippen LogP contribution in [0.2, 0.25) is 0 Å². The second-order valence-electron chi connectivity index (χ2n) is 4.71. The van der Waals surface area contributed by atoms with Crippen LogP contribution in [-0.2, 0) is 10.5 Å². The maximum Gasteiger partial charge on any atom is 0.296 e. The third-order valence-electron chi connectivity index (χ3n) is 3.35.